The van der Waals surface area contributed by atoms with E-state index in [-0.39, 0.29) is 40.7 Å². The van der Waals surface area contributed by atoms with Crippen molar-refractivity contribution >= 4 is 23.9 Å². The van der Waals surface area contributed by atoms with Gasteiger partial charge in [0.15, 0.2) is 12.1 Å². The molecule has 33 valence electrons. The van der Waals surface area contributed by atoms with Crippen LogP contribution < -0.4 is 0 Å². The summed E-state index contributed by atoms with van der Waals surface area (Å²) in [6, 6.07) is 2.47. The van der Waals surface area contributed by atoms with E-state index in [9.17, 15) is 0 Å². The Morgan fingerprint density at radius 2 is 1.17 bits per heavy atom. The molecule has 0 saturated carbocycles. The van der Waals surface area contributed by atoms with Crippen LogP contribution in [0.5, 0.6) is 0 Å². The van der Waals surface area contributed by atoms with Gasteiger partial charge in [-0.1, -0.05) is 0 Å². The van der Waals surface area contributed by atoms with Gasteiger partial charge in [-0.3, -0.25) is 0 Å². The molecule has 0 saturated heterocycles. The Morgan fingerprint density at radius 1 is 1.00 bits per heavy atom. The van der Waals surface area contributed by atoms with E-state index in [1.165, 1.54) is 12.1 Å². The van der Waals surface area contributed by atoms with Crippen LogP contribution in [0.15, 0.2) is 0 Å². The van der Waals surface area contributed by atoms with Crippen LogP contribution in [0.25, 0.3) is 0 Å². The Bertz CT molecular complexity index is 66.5. The average molecular weight is 232 g/mol. The summed E-state index contributed by atoms with van der Waals surface area (Å²) in [5, 5.41) is 14.5. The van der Waals surface area contributed by atoms with E-state index in [0.717, 1.165) is 0 Å². The topological polar surface area (TPSA) is 47.6 Å². The predicted octanol–water partition coefficient (Wildman–Crippen LogP) is -0.885. The zero-order chi connectivity index (χ0) is 3.41. The van der Waals surface area contributed by atoms with Gasteiger partial charge in [-0.15, -0.1) is 0 Å². The fourth-order valence-corrected chi connectivity index (χ4v) is 0. The van der Waals surface area contributed by atoms with Crippen LogP contribution in [0.2, 0.25) is 0 Å². The molecule has 0 unspecified atom stereocenters. The van der Waals surface area contributed by atoms with E-state index in [1.54, 1.807) is 0 Å². The molecule has 0 bridgehead atoms. The zero-order valence-corrected chi connectivity index (χ0v) is 8.01. The van der Waals surface area contributed by atoms with Crippen molar-refractivity contribution in [2.75, 3.05) is 0 Å². The first-order valence-corrected chi connectivity index (χ1v) is 0.697. The van der Waals surface area contributed by atoms with Crippen molar-refractivity contribution in [2.45, 2.75) is 0 Å². The molecule has 0 fully saturated rings. The van der Waals surface area contributed by atoms with Gasteiger partial charge in [0, 0.05) is 16.8 Å². The Labute approximate surface area is 63.3 Å². The van der Waals surface area contributed by atoms with Crippen molar-refractivity contribution in [3.05, 3.63) is 0 Å². The first kappa shape index (κ1) is 16.3. The van der Waals surface area contributed by atoms with E-state index >= 15 is 0 Å². The van der Waals surface area contributed by atoms with Gasteiger partial charge in [0.2, 0.25) is 0 Å². The normalized spacial score (nSPS) is 1.67. The number of nitriles is 2. The SMILES string of the molecule is N#CC#N.[Co].[SnH2]. The van der Waals surface area contributed by atoms with Gasteiger partial charge in [-0.2, -0.15) is 10.5 Å². The third-order valence-corrected chi connectivity index (χ3v) is 0.0500. The van der Waals surface area contributed by atoms with Gasteiger partial charge in [0.1, 0.15) is 0 Å². The fraction of sp³-hybridized carbons (Fsp3) is 0. The number of nitrogens with zero attached hydrogens (tertiary/aromatic N) is 2. The average Bonchev–Trinajstić information content (AvgIpc) is 1.37. The molecule has 0 aromatic heterocycles. The van der Waals surface area contributed by atoms with Gasteiger partial charge in [-0.05, 0) is 0 Å². The summed E-state index contributed by atoms with van der Waals surface area (Å²) in [6.07, 6.45) is 0. The number of hydrogen-bond acceptors (Lipinski definition) is 2. The van der Waals surface area contributed by atoms with E-state index in [0.29, 0.717) is 0 Å². The molecule has 0 aliphatic heterocycles. The molecular weight excluding hydrogens is 230 g/mol. The van der Waals surface area contributed by atoms with Crippen molar-refractivity contribution in [2.24, 2.45) is 0 Å². The van der Waals surface area contributed by atoms with Gasteiger partial charge in [0.25, 0.3) is 0 Å². The third-order valence-electron chi connectivity index (χ3n) is 0.0500. The van der Waals surface area contributed by atoms with Crippen LogP contribution in [0.3, 0.4) is 0 Å². The summed E-state index contributed by atoms with van der Waals surface area (Å²) in [5.41, 5.74) is 0. The molecule has 0 aromatic rings. The van der Waals surface area contributed by atoms with Crippen LogP contribution >= 0.6 is 0 Å². The van der Waals surface area contributed by atoms with Gasteiger partial charge < -0.3 is 0 Å². The first-order valence-electron chi connectivity index (χ1n) is 0.697. The van der Waals surface area contributed by atoms with E-state index < -0.39 is 0 Å². The standard InChI is InChI=1S/C2N2.Co.Sn.2H/c3-1-2-4;;;;. The van der Waals surface area contributed by atoms with E-state index in [4.69, 9.17) is 10.5 Å². The van der Waals surface area contributed by atoms with Crippen LogP contribution in [0.1, 0.15) is 0 Å². The maximum absolute atomic E-state index is 7.26. The summed E-state index contributed by atoms with van der Waals surface area (Å²) in [7, 11) is 0. The monoisotopic (exact) mass is 233 g/mol. The molecule has 6 heavy (non-hydrogen) atoms. The second kappa shape index (κ2) is 18.6. The van der Waals surface area contributed by atoms with Gasteiger partial charge >= 0.3 is 23.9 Å². The molecule has 0 amide bonds. The van der Waals surface area contributed by atoms with Crippen molar-refractivity contribution in [3.8, 4) is 12.1 Å². The van der Waals surface area contributed by atoms with Crippen molar-refractivity contribution in [1.82, 2.24) is 0 Å². The predicted molar refractivity (Wildman–Crippen MR) is 19.8 cm³/mol. The minimum absolute atomic E-state index is 0. The first-order chi connectivity index (χ1) is 1.91. The van der Waals surface area contributed by atoms with Crippen molar-refractivity contribution < 1.29 is 16.8 Å². The Hall–Kier alpha value is 0.285. The van der Waals surface area contributed by atoms with E-state index in [2.05, 4.69) is 0 Å². The van der Waals surface area contributed by atoms with Crippen molar-refractivity contribution in [1.29, 1.82) is 10.5 Å². The van der Waals surface area contributed by atoms with Crippen LogP contribution in [-0.2, 0) is 16.8 Å². The molecule has 0 heterocycles. The summed E-state index contributed by atoms with van der Waals surface area (Å²) < 4.78 is 0. The summed E-state index contributed by atoms with van der Waals surface area (Å²) in [4.78, 5) is 0. The Kier molecular flexibility index (Phi) is 50.4. The molecule has 0 spiro atoms. The van der Waals surface area contributed by atoms with Gasteiger partial charge in [-0.25, -0.2) is 0 Å². The Morgan fingerprint density at radius 3 is 1.17 bits per heavy atom. The molecule has 3 radical (unpaired) electrons. The third kappa shape index (κ3) is 28.0. The van der Waals surface area contributed by atoms with Gasteiger partial charge in [0.05, 0.1) is 0 Å². The molecular formula is C2H2CoN2Sn. The van der Waals surface area contributed by atoms with Crippen molar-refractivity contribution in [3.63, 3.8) is 0 Å². The molecule has 0 N–H and O–H groups in total. The number of hydrogen-bond donors (Lipinski definition) is 0. The zero-order valence-electron chi connectivity index (χ0n) is 2.93. The molecule has 4 heteroatoms. The minimum atomic E-state index is 0. The molecule has 2 nitrogen and oxygen atoms in total. The van der Waals surface area contributed by atoms with Crippen LogP contribution in [0.4, 0.5) is 0 Å². The second-order valence-electron chi connectivity index (χ2n) is 0.224. The quantitative estimate of drug-likeness (QED) is 0.508. The molecule has 0 aromatic carbocycles. The summed E-state index contributed by atoms with van der Waals surface area (Å²) in [6.45, 7) is 0. The molecule has 0 aliphatic carbocycles. The summed E-state index contributed by atoms with van der Waals surface area (Å²) >= 11 is 0. The van der Waals surface area contributed by atoms with Crippen LogP contribution in [0, 0.1) is 22.7 Å². The van der Waals surface area contributed by atoms with Crippen LogP contribution in [-0.4, -0.2) is 23.9 Å². The molecule has 0 atom stereocenters. The molecule has 0 aliphatic rings. The fourth-order valence-electron chi connectivity index (χ4n) is 0. The molecule has 0 rings (SSSR count). The second-order valence-corrected chi connectivity index (χ2v) is 0.224. The van der Waals surface area contributed by atoms with E-state index in [1.807, 2.05) is 0 Å². The number of rotatable bonds is 0. The Balaban J connectivity index is -0.0000000450. The summed E-state index contributed by atoms with van der Waals surface area (Å²) in [5.74, 6) is 0. The maximum atomic E-state index is 7.26.